The summed E-state index contributed by atoms with van der Waals surface area (Å²) in [5.41, 5.74) is 0.308. The van der Waals surface area contributed by atoms with Gasteiger partial charge >= 0.3 is 0 Å². The molecule has 1 saturated heterocycles. The molecular formula is C19H37NO. The van der Waals surface area contributed by atoms with Crippen molar-refractivity contribution < 1.29 is 4.74 Å². The van der Waals surface area contributed by atoms with Crippen LogP contribution in [0, 0.1) is 23.2 Å². The lowest BCUT2D eigenvalue weighted by molar-refractivity contribution is -0.0970. The highest BCUT2D eigenvalue weighted by molar-refractivity contribution is 5.04. The van der Waals surface area contributed by atoms with Gasteiger partial charge in [-0.2, -0.15) is 0 Å². The Morgan fingerprint density at radius 1 is 1.10 bits per heavy atom. The molecule has 0 bridgehead atoms. The van der Waals surface area contributed by atoms with Gasteiger partial charge in [0.1, 0.15) is 0 Å². The minimum Gasteiger partial charge on any atom is -0.369 e. The van der Waals surface area contributed by atoms with Crippen LogP contribution in [-0.2, 0) is 4.74 Å². The smallest absolute Gasteiger partial charge is 0.0668 e. The zero-order valence-electron chi connectivity index (χ0n) is 15.5. The van der Waals surface area contributed by atoms with Crippen molar-refractivity contribution in [2.24, 2.45) is 23.2 Å². The molecule has 2 rings (SSSR count). The Morgan fingerprint density at radius 2 is 1.71 bits per heavy atom. The minimum absolute atomic E-state index is 0.0164. The van der Waals surface area contributed by atoms with E-state index in [4.69, 9.17) is 4.74 Å². The van der Waals surface area contributed by atoms with Crippen LogP contribution in [0.15, 0.2) is 0 Å². The van der Waals surface area contributed by atoms with Crippen molar-refractivity contribution in [1.82, 2.24) is 5.32 Å². The first kappa shape index (κ1) is 17.3. The number of hydrogen-bond acceptors (Lipinski definition) is 2. The van der Waals surface area contributed by atoms with Gasteiger partial charge in [-0.15, -0.1) is 0 Å². The Hall–Kier alpha value is -0.0800. The van der Waals surface area contributed by atoms with Gasteiger partial charge in [0.2, 0.25) is 0 Å². The van der Waals surface area contributed by atoms with Crippen LogP contribution in [0.5, 0.6) is 0 Å². The first-order valence-electron chi connectivity index (χ1n) is 8.87. The Labute approximate surface area is 132 Å². The van der Waals surface area contributed by atoms with Crippen molar-refractivity contribution in [1.29, 1.82) is 0 Å². The first-order valence-corrected chi connectivity index (χ1v) is 8.87. The molecule has 2 aliphatic rings. The Morgan fingerprint density at radius 3 is 2.19 bits per heavy atom. The number of nitrogens with one attached hydrogen (secondary N) is 1. The van der Waals surface area contributed by atoms with Crippen LogP contribution >= 0.6 is 0 Å². The summed E-state index contributed by atoms with van der Waals surface area (Å²) in [6, 6.07) is 0.656. The van der Waals surface area contributed by atoms with E-state index in [9.17, 15) is 0 Å². The van der Waals surface area contributed by atoms with E-state index >= 15 is 0 Å². The van der Waals surface area contributed by atoms with Gasteiger partial charge in [-0.05, 0) is 77.2 Å². The largest absolute Gasteiger partial charge is 0.369 e. The quantitative estimate of drug-likeness (QED) is 0.819. The lowest BCUT2D eigenvalue weighted by Crippen LogP contribution is -2.51. The molecule has 1 saturated carbocycles. The van der Waals surface area contributed by atoms with E-state index in [0.717, 1.165) is 11.8 Å². The van der Waals surface area contributed by atoms with Gasteiger partial charge in [0.15, 0.2) is 0 Å². The number of rotatable bonds is 3. The van der Waals surface area contributed by atoms with Gasteiger partial charge in [-0.1, -0.05) is 27.2 Å². The second kappa shape index (κ2) is 5.53. The Bertz CT molecular complexity index is 372. The molecule has 2 heteroatoms. The summed E-state index contributed by atoms with van der Waals surface area (Å²) in [5.74, 6) is 2.23. The minimum atomic E-state index is -0.0195. The number of ether oxygens (including phenoxy) is 1. The molecule has 21 heavy (non-hydrogen) atoms. The van der Waals surface area contributed by atoms with Crippen molar-refractivity contribution in [2.45, 2.75) is 91.4 Å². The fraction of sp³-hybridized carbons (Fsp3) is 1.00. The van der Waals surface area contributed by atoms with Crippen LogP contribution in [0.4, 0.5) is 0 Å². The molecule has 2 fully saturated rings. The van der Waals surface area contributed by atoms with E-state index in [1.54, 1.807) is 0 Å². The average Bonchev–Trinajstić information content (AvgIpc) is 2.57. The summed E-state index contributed by atoms with van der Waals surface area (Å²) in [7, 11) is 2.14. The third-order valence-corrected chi connectivity index (χ3v) is 6.41. The van der Waals surface area contributed by atoms with Crippen molar-refractivity contribution in [3.63, 3.8) is 0 Å². The highest BCUT2D eigenvalue weighted by atomic mass is 16.5. The second-order valence-corrected chi connectivity index (χ2v) is 9.46. The zero-order chi connectivity index (χ0) is 16.1. The molecule has 2 nitrogen and oxygen atoms in total. The lowest BCUT2D eigenvalue weighted by atomic mass is 9.57. The van der Waals surface area contributed by atoms with Crippen molar-refractivity contribution in [3.05, 3.63) is 0 Å². The maximum Gasteiger partial charge on any atom is 0.0668 e. The van der Waals surface area contributed by atoms with Gasteiger partial charge in [0.25, 0.3) is 0 Å². The van der Waals surface area contributed by atoms with E-state index in [2.05, 4.69) is 60.8 Å². The van der Waals surface area contributed by atoms with Gasteiger partial charge < -0.3 is 10.1 Å². The van der Waals surface area contributed by atoms with Crippen molar-refractivity contribution in [2.75, 3.05) is 7.05 Å². The molecule has 4 unspecified atom stereocenters. The van der Waals surface area contributed by atoms with E-state index in [0.29, 0.717) is 17.4 Å². The highest BCUT2D eigenvalue weighted by Crippen LogP contribution is 2.55. The third-order valence-electron chi connectivity index (χ3n) is 6.41. The molecule has 1 N–H and O–H groups in total. The summed E-state index contributed by atoms with van der Waals surface area (Å²) >= 11 is 0. The summed E-state index contributed by atoms with van der Waals surface area (Å²) in [5, 5.41) is 3.62. The zero-order valence-corrected chi connectivity index (χ0v) is 15.5. The Kier molecular flexibility index (Phi) is 4.55. The molecule has 0 spiro atoms. The van der Waals surface area contributed by atoms with Crippen LogP contribution in [-0.4, -0.2) is 24.3 Å². The molecule has 1 heterocycles. The fourth-order valence-corrected chi connectivity index (χ4v) is 5.57. The van der Waals surface area contributed by atoms with Crippen LogP contribution in [0.3, 0.4) is 0 Å². The van der Waals surface area contributed by atoms with Crippen molar-refractivity contribution >= 4 is 0 Å². The summed E-state index contributed by atoms with van der Waals surface area (Å²) < 4.78 is 6.40. The van der Waals surface area contributed by atoms with E-state index in [1.165, 1.54) is 25.7 Å². The third kappa shape index (κ3) is 3.32. The predicted molar refractivity (Wildman–Crippen MR) is 90.5 cm³/mol. The standard InChI is InChI=1S/C19H37NO/c1-13-9-10-14(15(11-13)20-8)18(4,5)16-12-17(2,3)21-19(16,6)7/h13-16,20H,9-12H2,1-8H3. The van der Waals surface area contributed by atoms with Gasteiger partial charge in [-0.25, -0.2) is 0 Å². The highest BCUT2D eigenvalue weighted by Gasteiger charge is 2.55. The second-order valence-electron chi connectivity index (χ2n) is 9.46. The molecule has 0 amide bonds. The molecule has 0 aromatic heterocycles. The van der Waals surface area contributed by atoms with Crippen LogP contribution in [0.2, 0.25) is 0 Å². The summed E-state index contributed by atoms with van der Waals surface area (Å²) in [4.78, 5) is 0. The molecule has 1 aliphatic heterocycles. The lowest BCUT2D eigenvalue weighted by Gasteiger charge is -2.50. The molecule has 0 aromatic rings. The maximum absolute atomic E-state index is 6.40. The molecule has 0 aromatic carbocycles. The topological polar surface area (TPSA) is 21.3 Å². The normalized spacial score (nSPS) is 39.4. The molecule has 0 radical (unpaired) electrons. The van der Waals surface area contributed by atoms with Crippen LogP contribution in [0.25, 0.3) is 0 Å². The summed E-state index contributed by atoms with van der Waals surface area (Å²) in [6.07, 6.45) is 5.23. The molecule has 124 valence electrons. The average molecular weight is 296 g/mol. The van der Waals surface area contributed by atoms with Gasteiger partial charge in [-0.3, -0.25) is 0 Å². The molecule has 4 atom stereocenters. The van der Waals surface area contributed by atoms with Crippen LogP contribution < -0.4 is 5.32 Å². The molecular weight excluding hydrogens is 258 g/mol. The number of hydrogen-bond donors (Lipinski definition) is 1. The monoisotopic (exact) mass is 295 g/mol. The van der Waals surface area contributed by atoms with Crippen LogP contribution in [0.1, 0.15) is 74.1 Å². The van der Waals surface area contributed by atoms with Gasteiger partial charge in [0, 0.05) is 6.04 Å². The van der Waals surface area contributed by atoms with E-state index < -0.39 is 0 Å². The van der Waals surface area contributed by atoms with E-state index in [-0.39, 0.29) is 11.2 Å². The fourth-order valence-electron chi connectivity index (χ4n) is 5.57. The van der Waals surface area contributed by atoms with Gasteiger partial charge in [0.05, 0.1) is 11.2 Å². The van der Waals surface area contributed by atoms with Crippen molar-refractivity contribution in [3.8, 4) is 0 Å². The predicted octanol–water partition coefficient (Wildman–Crippen LogP) is 4.63. The summed E-state index contributed by atoms with van der Waals surface area (Å²) in [6.45, 7) is 16.5. The Balaban J connectivity index is 2.24. The SMILES string of the molecule is CNC1CC(C)CCC1C(C)(C)C1CC(C)(C)OC1(C)C. The molecule has 1 aliphatic carbocycles. The maximum atomic E-state index is 6.40. The first-order chi connectivity index (χ1) is 9.49. The van der Waals surface area contributed by atoms with E-state index in [1.807, 2.05) is 0 Å².